The maximum atomic E-state index is 12.8. The number of carbonyl (C=O) groups is 1. The minimum atomic E-state index is -4.51. The molecular formula is C19H19F3IN3O3S. The molecule has 0 aliphatic carbocycles. The van der Waals surface area contributed by atoms with Gasteiger partial charge in [-0.05, 0) is 67.0 Å². The number of benzene rings is 1. The number of fused-ring (bicyclic) bond motifs is 1. The molecule has 30 heavy (non-hydrogen) atoms. The normalized spacial score (nSPS) is 18.0. The number of nitrogens with one attached hydrogen (secondary N) is 1. The highest BCUT2D eigenvalue weighted by Crippen LogP contribution is 2.32. The maximum absolute atomic E-state index is 12.8. The van der Waals surface area contributed by atoms with Gasteiger partial charge in [-0.1, -0.05) is 5.16 Å². The smallest absolute Gasteiger partial charge is 0.428 e. The van der Waals surface area contributed by atoms with E-state index in [-0.39, 0.29) is 5.71 Å². The van der Waals surface area contributed by atoms with Gasteiger partial charge in [-0.15, -0.1) is 11.8 Å². The minimum absolute atomic E-state index is 0.115. The van der Waals surface area contributed by atoms with Crippen molar-refractivity contribution in [1.82, 2.24) is 10.3 Å². The van der Waals surface area contributed by atoms with E-state index in [9.17, 15) is 18.0 Å². The number of nitrogens with zero attached hydrogens (tertiary/aromatic N) is 2. The summed E-state index contributed by atoms with van der Waals surface area (Å²) in [6, 6.07) is 7.24. The van der Waals surface area contributed by atoms with Crippen LogP contribution in [0.3, 0.4) is 0 Å². The van der Waals surface area contributed by atoms with Crippen molar-refractivity contribution in [2.75, 3.05) is 6.26 Å². The second-order valence-corrected chi connectivity index (χ2v) is 9.33. The number of hydrogen-bond donors (Lipinski definition) is 1. The van der Waals surface area contributed by atoms with Crippen molar-refractivity contribution in [2.24, 2.45) is 5.16 Å². The zero-order valence-corrected chi connectivity index (χ0v) is 19.3. The van der Waals surface area contributed by atoms with Gasteiger partial charge in [0, 0.05) is 21.6 Å². The van der Waals surface area contributed by atoms with E-state index >= 15 is 0 Å². The summed E-state index contributed by atoms with van der Waals surface area (Å²) in [6.45, 7) is 3.15. The maximum Gasteiger partial charge on any atom is 0.428 e. The largest absolute Gasteiger partial charge is 0.470 e. The fraction of sp³-hybridized carbons (Fsp3) is 0.421. The number of hydrogen-bond acceptors (Lipinski definition) is 6. The number of halogens is 4. The van der Waals surface area contributed by atoms with Crippen LogP contribution in [0, 0.1) is 3.57 Å². The van der Waals surface area contributed by atoms with Gasteiger partial charge in [0.15, 0.2) is 0 Å². The number of thioether (sulfide) groups is 1. The lowest BCUT2D eigenvalue weighted by Gasteiger charge is -2.28. The molecule has 1 aliphatic heterocycles. The Morgan fingerprint density at radius 1 is 1.37 bits per heavy atom. The van der Waals surface area contributed by atoms with Crippen LogP contribution in [0.5, 0.6) is 5.75 Å². The molecule has 11 heteroatoms. The van der Waals surface area contributed by atoms with Crippen LogP contribution in [-0.4, -0.2) is 46.1 Å². The molecule has 1 amide bonds. The Morgan fingerprint density at radius 3 is 2.73 bits per heavy atom. The third-order valence-corrected chi connectivity index (χ3v) is 5.81. The summed E-state index contributed by atoms with van der Waals surface area (Å²) in [7, 11) is 0. The molecule has 162 valence electrons. The van der Waals surface area contributed by atoms with Crippen LogP contribution in [0.15, 0.2) is 35.6 Å². The molecule has 1 aliphatic rings. The van der Waals surface area contributed by atoms with Gasteiger partial charge in [-0.2, -0.15) is 13.2 Å². The van der Waals surface area contributed by atoms with Crippen LogP contribution in [0.4, 0.5) is 13.2 Å². The number of ether oxygens (including phenoxy) is 1. The van der Waals surface area contributed by atoms with E-state index in [2.05, 4.69) is 42.9 Å². The lowest BCUT2D eigenvalue weighted by atomic mass is 9.94. The first-order valence-electron chi connectivity index (χ1n) is 8.86. The summed E-state index contributed by atoms with van der Waals surface area (Å²) < 4.78 is 45.3. The molecule has 2 unspecified atom stereocenters. The van der Waals surface area contributed by atoms with Crippen LogP contribution in [0.2, 0.25) is 0 Å². The van der Waals surface area contributed by atoms with Crippen molar-refractivity contribution in [3.05, 3.63) is 34.0 Å². The molecule has 1 aromatic heterocycles. The molecule has 2 atom stereocenters. The molecule has 0 saturated carbocycles. The summed E-state index contributed by atoms with van der Waals surface area (Å²) in [4.78, 5) is 21.6. The first kappa shape index (κ1) is 22.9. The predicted molar refractivity (Wildman–Crippen MR) is 118 cm³/mol. The summed E-state index contributed by atoms with van der Waals surface area (Å²) in [5, 5.41) is 7.13. The number of pyridine rings is 1. The number of aromatic nitrogens is 1. The molecule has 0 radical (unpaired) electrons. The molecule has 0 bridgehead atoms. The van der Waals surface area contributed by atoms with Gasteiger partial charge >= 0.3 is 6.18 Å². The van der Waals surface area contributed by atoms with Crippen LogP contribution >= 0.6 is 34.4 Å². The van der Waals surface area contributed by atoms with Crippen LogP contribution in [0.25, 0.3) is 10.9 Å². The Morgan fingerprint density at radius 2 is 2.10 bits per heavy atom. The topological polar surface area (TPSA) is 72.8 Å². The highest BCUT2D eigenvalue weighted by molar-refractivity contribution is 14.1. The second kappa shape index (κ2) is 8.77. The monoisotopic (exact) mass is 553 g/mol. The second-order valence-electron chi connectivity index (χ2n) is 7.19. The Bertz CT molecular complexity index is 984. The van der Waals surface area contributed by atoms with Crippen LogP contribution in [-0.2, 0) is 9.63 Å². The standard InChI is InChI=1S/C19H19F3IN3O3S/c1-18(2,14-8-15(29-26-14)19(20,21)22)25-16(27)17(30-3)28-12-4-5-13-10(7-12)6-11(23)9-24-13/h4-7,9,15,17H,8H2,1-3H3,(H,25,27). The average molecular weight is 553 g/mol. The van der Waals surface area contributed by atoms with Crippen molar-refractivity contribution in [1.29, 1.82) is 0 Å². The summed E-state index contributed by atoms with van der Waals surface area (Å²) in [6.07, 6.45) is -3.48. The molecule has 2 heterocycles. The van der Waals surface area contributed by atoms with Gasteiger partial charge in [0.05, 0.1) is 16.8 Å². The number of carbonyl (C=O) groups excluding carboxylic acids is 1. The molecule has 0 spiro atoms. The van der Waals surface area contributed by atoms with E-state index in [0.29, 0.717) is 5.75 Å². The van der Waals surface area contributed by atoms with Crippen molar-refractivity contribution in [3.63, 3.8) is 0 Å². The van der Waals surface area contributed by atoms with E-state index in [1.54, 1.807) is 44.5 Å². The lowest BCUT2D eigenvalue weighted by Crippen LogP contribution is -2.53. The van der Waals surface area contributed by atoms with E-state index in [1.807, 2.05) is 6.07 Å². The van der Waals surface area contributed by atoms with E-state index in [1.165, 1.54) is 11.8 Å². The highest BCUT2D eigenvalue weighted by Gasteiger charge is 2.48. The van der Waals surface area contributed by atoms with Gasteiger partial charge in [0.2, 0.25) is 11.5 Å². The Balaban J connectivity index is 1.69. The van der Waals surface area contributed by atoms with Crippen molar-refractivity contribution in [2.45, 2.75) is 43.5 Å². The van der Waals surface area contributed by atoms with Gasteiger partial charge in [-0.25, -0.2) is 0 Å². The third kappa shape index (κ3) is 5.29. The summed E-state index contributed by atoms with van der Waals surface area (Å²) in [5.74, 6) is 0.00352. The Hall–Kier alpha value is -1.76. The Kier molecular flexibility index (Phi) is 6.70. The first-order chi connectivity index (χ1) is 14.0. The molecular weight excluding hydrogens is 534 g/mol. The molecule has 0 fully saturated rings. The summed E-state index contributed by atoms with van der Waals surface area (Å²) in [5.41, 5.74) is -1.12. The predicted octanol–water partition coefficient (Wildman–Crippen LogP) is 4.51. The molecule has 0 saturated heterocycles. The molecule has 2 aromatic rings. The SMILES string of the molecule is CSC(Oc1ccc2ncc(I)cc2c1)C(=O)NC(C)(C)C1=NOC(C(F)(F)F)C1. The number of oxime groups is 1. The summed E-state index contributed by atoms with van der Waals surface area (Å²) >= 11 is 3.33. The number of amides is 1. The highest BCUT2D eigenvalue weighted by atomic mass is 127. The molecule has 1 N–H and O–H groups in total. The zero-order chi connectivity index (χ0) is 22.1. The zero-order valence-electron chi connectivity index (χ0n) is 16.3. The molecule has 1 aromatic carbocycles. The van der Waals surface area contributed by atoms with E-state index in [4.69, 9.17) is 4.74 Å². The number of alkyl halides is 3. The lowest BCUT2D eigenvalue weighted by molar-refractivity contribution is -0.212. The molecule has 3 rings (SSSR count). The van der Waals surface area contributed by atoms with E-state index in [0.717, 1.165) is 14.5 Å². The minimum Gasteiger partial charge on any atom is -0.470 e. The third-order valence-electron chi connectivity index (χ3n) is 4.48. The van der Waals surface area contributed by atoms with Crippen LogP contribution in [0.1, 0.15) is 20.3 Å². The quantitative estimate of drug-likeness (QED) is 0.421. The van der Waals surface area contributed by atoms with Crippen LogP contribution < -0.4 is 10.1 Å². The Labute approximate surface area is 189 Å². The fourth-order valence-electron chi connectivity index (χ4n) is 2.85. The van der Waals surface area contributed by atoms with Gasteiger partial charge in [0.25, 0.3) is 5.91 Å². The number of rotatable bonds is 6. The first-order valence-corrected chi connectivity index (χ1v) is 11.2. The van der Waals surface area contributed by atoms with Gasteiger partial charge < -0.3 is 14.9 Å². The average Bonchev–Trinajstić information content (AvgIpc) is 3.17. The van der Waals surface area contributed by atoms with E-state index < -0.39 is 35.6 Å². The van der Waals surface area contributed by atoms with Crippen molar-refractivity contribution < 1.29 is 27.5 Å². The fourth-order valence-corrected chi connectivity index (χ4v) is 3.80. The van der Waals surface area contributed by atoms with Crippen molar-refractivity contribution in [3.8, 4) is 5.75 Å². The van der Waals surface area contributed by atoms with Gasteiger partial charge in [-0.3, -0.25) is 9.78 Å². The molecule has 6 nitrogen and oxygen atoms in total. The van der Waals surface area contributed by atoms with Crippen molar-refractivity contribution >= 4 is 56.9 Å². The van der Waals surface area contributed by atoms with Gasteiger partial charge in [0.1, 0.15) is 5.75 Å².